The molecule has 20 heavy (non-hydrogen) atoms. The van der Waals surface area contributed by atoms with Gasteiger partial charge in [0.1, 0.15) is 5.60 Å². The number of hydrogen-bond donors (Lipinski definition) is 1. The van der Waals surface area contributed by atoms with E-state index in [2.05, 4.69) is 22.4 Å². The van der Waals surface area contributed by atoms with Crippen molar-refractivity contribution in [2.24, 2.45) is 0 Å². The first-order valence-electron chi connectivity index (χ1n) is 7.19. The number of nitrogens with one attached hydrogen (secondary N) is 1. The summed E-state index contributed by atoms with van der Waals surface area (Å²) < 4.78 is 4.80. The summed E-state index contributed by atoms with van der Waals surface area (Å²) in [6.45, 7) is 9.25. The first-order chi connectivity index (χ1) is 9.38. The zero-order chi connectivity index (χ0) is 15.0. The minimum absolute atomic E-state index is 0.225. The monoisotopic (exact) mass is 278 g/mol. The Hall–Kier alpha value is -1.42. The van der Waals surface area contributed by atoms with Crippen LogP contribution in [-0.2, 0) is 9.53 Å². The van der Waals surface area contributed by atoms with Crippen molar-refractivity contribution >= 4 is 5.97 Å². The van der Waals surface area contributed by atoms with Crippen LogP contribution in [0.25, 0.3) is 0 Å². The molecule has 2 rings (SSSR count). The summed E-state index contributed by atoms with van der Waals surface area (Å²) in [7, 11) is 0. The molecule has 1 N–H and O–H groups in total. The van der Waals surface area contributed by atoms with Gasteiger partial charge in [0.25, 0.3) is 0 Å². The first kappa shape index (κ1) is 16.6. The number of carbonyl (C=O) groups is 1. The molecule has 4 nitrogen and oxygen atoms in total. The van der Waals surface area contributed by atoms with E-state index in [1.807, 2.05) is 33.2 Å². The van der Waals surface area contributed by atoms with Crippen LogP contribution in [0.15, 0.2) is 24.5 Å². The fourth-order valence-electron chi connectivity index (χ4n) is 2.22. The van der Waals surface area contributed by atoms with E-state index < -0.39 is 0 Å². The van der Waals surface area contributed by atoms with Crippen molar-refractivity contribution in [2.75, 3.05) is 13.1 Å². The molecule has 0 amide bonds. The Bertz CT molecular complexity index is 393. The van der Waals surface area contributed by atoms with Crippen molar-refractivity contribution in [1.29, 1.82) is 0 Å². The Kier molecular flexibility index (Phi) is 6.65. The van der Waals surface area contributed by atoms with Gasteiger partial charge in [-0.25, -0.2) is 0 Å². The molecule has 0 saturated carbocycles. The molecule has 0 spiro atoms. The van der Waals surface area contributed by atoms with Crippen molar-refractivity contribution in [3.8, 4) is 0 Å². The largest absolute Gasteiger partial charge is 0.460 e. The Morgan fingerprint density at radius 3 is 2.20 bits per heavy atom. The Morgan fingerprint density at radius 1 is 1.25 bits per heavy atom. The van der Waals surface area contributed by atoms with Crippen LogP contribution < -0.4 is 5.32 Å². The highest BCUT2D eigenvalue weighted by Crippen LogP contribution is 2.23. The van der Waals surface area contributed by atoms with Crippen LogP contribution in [0.2, 0.25) is 0 Å². The summed E-state index contributed by atoms with van der Waals surface area (Å²) in [5.41, 5.74) is 1.12. The van der Waals surface area contributed by atoms with Crippen molar-refractivity contribution in [3.05, 3.63) is 30.1 Å². The van der Waals surface area contributed by atoms with Crippen LogP contribution in [0.4, 0.5) is 0 Å². The number of rotatable bonds is 1. The molecule has 4 heteroatoms. The summed E-state index contributed by atoms with van der Waals surface area (Å²) >= 11 is 0. The molecule has 1 saturated heterocycles. The number of carbonyl (C=O) groups excluding carboxylic acids is 1. The van der Waals surface area contributed by atoms with Gasteiger partial charge in [0.2, 0.25) is 0 Å². The molecule has 0 aliphatic carbocycles. The Morgan fingerprint density at radius 2 is 1.80 bits per heavy atom. The van der Waals surface area contributed by atoms with Gasteiger partial charge in [-0.3, -0.25) is 9.78 Å². The second-order valence-corrected chi connectivity index (χ2v) is 6.01. The lowest BCUT2D eigenvalue weighted by Crippen LogP contribution is -2.26. The standard InChI is InChI=1S/C10H14N2.C6H12O2/c1-5-11-6-2-9(1)10-3-7-12-8-4-10;1-5(7)8-6(2,3)4/h1-2,5-6,10,12H,3-4,7-8H2;1-4H3. The van der Waals surface area contributed by atoms with E-state index in [9.17, 15) is 4.79 Å². The third kappa shape index (κ3) is 7.24. The molecular formula is C16H26N2O2. The number of ether oxygens (including phenoxy) is 1. The lowest BCUT2D eigenvalue weighted by molar-refractivity contribution is -0.151. The molecule has 1 aliphatic rings. The van der Waals surface area contributed by atoms with Crippen molar-refractivity contribution in [2.45, 2.75) is 52.1 Å². The lowest BCUT2D eigenvalue weighted by Gasteiger charge is -2.22. The topological polar surface area (TPSA) is 51.2 Å². The second kappa shape index (κ2) is 8.00. The third-order valence-corrected chi connectivity index (χ3v) is 2.97. The minimum Gasteiger partial charge on any atom is -0.460 e. The number of hydrogen-bond acceptors (Lipinski definition) is 4. The van der Waals surface area contributed by atoms with E-state index in [4.69, 9.17) is 4.74 Å². The van der Waals surface area contributed by atoms with Gasteiger partial charge in [0.05, 0.1) is 0 Å². The zero-order valence-electron chi connectivity index (χ0n) is 13.0. The van der Waals surface area contributed by atoms with E-state index in [0.717, 1.165) is 19.0 Å². The average Bonchev–Trinajstić information content (AvgIpc) is 2.39. The summed E-state index contributed by atoms with van der Waals surface area (Å²) in [4.78, 5) is 14.3. The first-order valence-corrected chi connectivity index (χ1v) is 7.19. The van der Waals surface area contributed by atoms with Gasteiger partial charge in [0, 0.05) is 19.3 Å². The highest BCUT2D eigenvalue weighted by atomic mass is 16.6. The van der Waals surface area contributed by atoms with Crippen molar-refractivity contribution in [3.63, 3.8) is 0 Å². The summed E-state index contributed by atoms with van der Waals surface area (Å²) in [6.07, 6.45) is 6.31. The molecule has 0 atom stereocenters. The Balaban J connectivity index is 0.000000221. The fourth-order valence-corrected chi connectivity index (χ4v) is 2.22. The summed E-state index contributed by atoms with van der Waals surface area (Å²) in [5.74, 6) is 0.534. The minimum atomic E-state index is -0.328. The quantitative estimate of drug-likeness (QED) is 0.803. The summed E-state index contributed by atoms with van der Waals surface area (Å²) in [5, 5.41) is 3.37. The van der Waals surface area contributed by atoms with Gasteiger partial charge < -0.3 is 10.1 Å². The molecule has 1 aliphatic heterocycles. The fraction of sp³-hybridized carbons (Fsp3) is 0.625. The number of pyridine rings is 1. The highest BCUT2D eigenvalue weighted by molar-refractivity contribution is 5.66. The molecule has 112 valence electrons. The molecule has 1 aromatic rings. The number of piperidine rings is 1. The molecular weight excluding hydrogens is 252 g/mol. The molecule has 0 radical (unpaired) electrons. The maximum atomic E-state index is 10.2. The molecule has 1 fully saturated rings. The molecule has 0 bridgehead atoms. The van der Waals surface area contributed by atoms with Crippen LogP contribution in [0.3, 0.4) is 0 Å². The van der Waals surface area contributed by atoms with Crippen molar-refractivity contribution < 1.29 is 9.53 Å². The third-order valence-electron chi connectivity index (χ3n) is 2.97. The van der Waals surface area contributed by atoms with Gasteiger partial charge >= 0.3 is 5.97 Å². The van der Waals surface area contributed by atoms with Gasteiger partial charge in [-0.05, 0) is 70.3 Å². The van der Waals surface area contributed by atoms with E-state index in [1.54, 1.807) is 0 Å². The Labute approximate surface area is 121 Å². The van der Waals surface area contributed by atoms with Gasteiger partial charge in [-0.15, -0.1) is 0 Å². The molecule has 0 unspecified atom stereocenters. The van der Waals surface area contributed by atoms with Crippen molar-refractivity contribution in [1.82, 2.24) is 10.3 Å². The van der Waals surface area contributed by atoms with Crippen LogP contribution >= 0.6 is 0 Å². The number of aromatic nitrogens is 1. The van der Waals surface area contributed by atoms with E-state index >= 15 is 0 Å². The molecule has 1 aromatic heterocycles. The molecule has 0 aromatic carbocycles. The maximum absolute atomic E-state index is 10.2. The SMILES string of the molecule is CC(=O)OC(C)(C)C.c1cc(C2CCNCC2)ccn1. The average molecular weight is 278 g/mol. The highest BCUT2D eigenvalue weighted by Gasteiger charge is 2.14. The second-order valence-electron chi connectivity index (χ2n) is 6.01. The van der Waals surface area contributed by atoms with Gasteiger partial charge in [-0.1, -0.05) is 0 Å². The van der Waals surface area contributed by atoms with E-state index in [0.29, 0.717) is 0 Å². The maximum Gasteiger partial charge on any atom is 0.303 e. The smallest absolute Gasteiger partial charge is 0.303 e. The van der Waals surface area contributed by atoms with Crippen LogP contribution in [0.1, 0.15) is 52.0 Å². The van der Waals surface area contributed by atoms with Gasteiger partial charge in [-0.2, -0.15) is 0 Å². The van der Waals surface area contributed by atoms with Crippen LogP contribution in [-0.4, -0.2) is 29.6 Å². The summed E-state index contributed by atoms with van der Waals surface area (Å²) in [6, 6.07) is 4.27. The van der Waals surface area contributed by atoms with Crippen LogP contribution in [0.5, 0.6) is 0 Å². The van der Waals surface area contributed by atoms with E-state index in [1.165, 1.54) is 25.3 Å². The molecule has 2 heterocycles. The zero-order valence-corrected chi connectivity index (χ0v) is 13.0. The predicted octanol–water partition coefficient (Wildman–Crippen LogP) is 2.90. The van der Waals surface area contributed by atoms with E-state index in [-0.39, 0.29) is 11.6 Å². The number of nitrogens with zero attached hydrogens (tertiary/aromatic N) is 1. The number of esters is 1. The predicted molar refractivity (Wildman–Crippen MR) is 80.6 cm³/mol. The normalized spacial score (nSPS) is 16.0. The van der Waals surface area contributed by atoms with Crippen LogP contribution in [0, 0.1) is 0 Å². The lowest BCUT2D eigenvalue weighted by atomic mass is 9.91. The van der Waals surface area contributed by atoms with Gasteiger partial charge in [0.15, 0.2) is 0 Å².